The van der Waals surface area contributed by atoms with Gasteiger partial charge >= 0.3 is 0 Å². The minimum atomic E-state index is -0.320. The number of carbonyl (C=O) groups excluding carboxylic acids is 1. The van der Waals surface area contributed by atoms with Crippen molar-refractivity contribution in [1.29, 1.82) is 0 Å². The largest absolute Gasteiger partial charge is 0.353 e. The third-order valence-corrected chi connectivity index (χ3v) is 4.92. The number of amides is 1. The summed E-state index contributed by atoms with van der Waals surface area (Å²) in [4.78, 5) is 21.0. The highest BCUT2D eigenvalue weighted by atomic mass is 19.1. The predicted molar refractivity (Wildman–Crippen MR) is 101 cm³/mol. The molecule has 0 saturated carbocycles. The van der Waals surface area contributed by atoms with Crippen molar-refractivity contribution in [2.24, 2.45) is 0 Å². The van der Waals surface area contributed by atoms with Crippen LogP contribution in [0.25, 0.3) is 5.65 Å². The Balaban J connectivity index is 1.35. The first-order valence-electron chi connectivity index (χ1n) is 8.96. The van der Waals surface area contributed by atoms with Crippen LogP contribution in [-0.4, -0.2) is 57.6 Å². The Labute approximate surface area is 156 Å². The van der Waals surface area contributed by atoms with Gasteiger partial charge in [-0.2, -0.15) is 0 Å². The van der Waals surface area contributed by atoms with Crippen LogP contribution in [0, 0.1) is 5.82 Å². The van der Waals surface area contributed by atoms with Gasteiger partial charge in [-0.15, -0.1) is 5.10 Å². The maximum atomic E-state index is 13.0. The number of rotatable bonds is 4. The molecule has 1 saturated heterocycles. The maximum absolute atomic E-state index is 13.0. The van der Waals surface area contributed by atoms with Crippen LogP contribution in [0.2, 0.25) is 0 Å². The quantitative estimate of drug-likeness (QED) is 0.763. The number of imidazole rings is 1. The standard InChI is InChI=1S/C19H21FN6O/c1-14(19(27)22-16-4-2-15(20)3-5-16)24-10-12-25(13-11-24)18-7-6-17-21-8-9-26(17)23-18/h2-9,14H,10-13H2,1H3,(H,22,27). The molecule has 1 unspecified atom stereocenters. The first-order valence-corrected chi connectivity index (χ1v) is 8.96. The van der Waals surface area contributed by atoms with E-state index in [0.717, 1.165) is 37.6 Å². The lowest BCUT2D eigenvalue weighted by atomic mass is 10.2. The summed E-state index contributed by atoms with van der Waals surface area (Å²) in [7, 11) is 0. The number of aromatic nitrogens is 3. The fourth-order valence-electron chi connectivity index (χ4n) is 3.26. The minimum absolute atomic E-state index is 0.0898. The monoisotopic (exact) mass is 368 g/mol. The van der Waals surface area contributed by atoms with Gasteiger partial charge in [0.05, 0.1) is 6.04 Å². The first-order chi connectivity index (χ1) is 13.1. The molecule has 0 radical (unpaired) electrons. The van der Waals surface area contributed by atoms with E-state index in [1.807, 2.05) is 25.3 Å². The molecule has 3 heterocycles. The fourth-order valence-corrected chi connectivity index (χ4v) is 3.26. The molecule has 2 aromatic heterocycles. The van der Waals surface area contributed by atoms with Crippen LogP contribution in [0.5, 0.6) is 0 Å². The van der Waals surface area contributed by atoms with Crippen molar-refractivity contribution in [3.63, 3.8) is 0 Å². The molecule has 140 valence electrons. The van der Waals surface area contributed by atoms with Crippen LogP contribution >= 0.6 is 0 Å². The molecule has 27 heavy (non-hydrogen) atoms. The summed E-state index contributed by atoms with van der Waals surface area (Å²) in [5.41, 5.74) is 1.42. The van der Waals surface area contributed by atoms with Gasteiger partial charge in [0.1, 0.15) is 11.6 Å². The summed E-state index contributed by atoms with van der Waals surface area (Å²) in [6.45, 7) is 5.01. The number of nitrogens with one attached hydrogen (secondary N) is 1. The smallest absolute Gasteiger partial charge is 0.241 e. The zero-order valence-corrected chi connectivity index (χ0v) is 15.0. The lowest BCUT2D eigenvalue weighted by Gasteiger charge is -2.37. The van der Waals surface area contributed by atoms with E-state index < -0.39 is 0 Å². The topological polar surface area (TPSA) is 65.8 Å². The lowest BCUT2D eigenvalue weighted by Crippen LogP contribution is -2.53. The third-order valence-electron chi connectivity index (χ3n) is 4.92. The lowest BCUT2D eigenvalue weighted by molar-refractivity contribution is -0.120. The molecule has 1 N–H and O–H groups in total. The summed E-state index contributed by atoms with van der Waals surface area (Å²) in [6.07, 6.45) is 3.56. The highest BCUT2D eigenvalue weighted by Gasteiger charge is 2.26. The van der Waals surface area contributed by atoms with Crippen LogP contribution in [0.3, 0.4) is 0 Å². The Morgan fingerprint density at radius 2 is 1.85 bits per heavy atom. The van der Waals surface area contributed by atoms with Crippen molar-refractivity contribution >= 4 is 23.1 Å². The number of carbonyl (C=O) groups is 1. The predicted octanol–water partition coefficient (Wildman–Crippen LogP) is 2.02. The Morgan fingerprint density at radius 1 is 1.11 bits per heavy atom. The fraction of sp³-hybridized carbons (Fsp3) is 0.316. The number of hydrogen-bond acceptors (Lipinski definition) is 5. The molecular formula is C19H21FN6O. The number of fused-ring (bicyclic) bond motifs is 1. The van der Waals surface area contributed by atoms with Gasteiger partial charge in [-0.1, -0.05) is 0 Å². The molecule has 0 bridgehead atoms. The van der Waals surface area contributed by atoms with Crippen molar-refractivity contribution in [3.8, 4) is 0 Å². The van der Waals surface area contributed by atoms with Gasteiger partial charge < -0.3 is 10.2 Å². The van der Waals surface area contributed by atoms with Gasteiger partial charge in [0.2, 0.25) is 5.91 Å². The normalized spacial score (nSPS) is 16.4. The van der Waals surface area contributed by atoms with E-state index in [0.29, 0.717) is 5.69 Å². The highest BCUT2D eigenvalue weighted by molar-refractivity contribution is 5.94. The molecule has 1 aliphatic rings. The van der Waals surface area contributed by atoms with Crippen molar-refractivity contribution in [2.45, 2.75) is 13.0 Å². The summed E-state index contributed by atoms with van der Waals surface area (Å²) in [5.74, 6) is 0.497. The van der Waals surface area contributed by atoms with Gasteiger partial charge in [0, 0.05) is 44.3 Å². The molecule has 7 nitrogen and oxygen atoms in total. The van der Waals surface area contributed by atoms with Crippen molar-refractivity contribution in [1.82, 2.24) is 19.5 Å². The molecule has 1 aliphatic heterocycles. The van der Waals surface area contributed by atoms with E-state index in [2.05, 4.69) is 25.2 Å². The Bertz CT molecular complexity index is 933. The summed E-state index contributed by atoms with van der Waals surface area (Å²) < 4.78 is 14.7. The van der Waals surface area contributed by atoms with Crippen LogP contribution < -0.4 is 10.2 Å². The van der Waals surface area contributed by atoms with Crippen molar-refractivity contribution in [3.05, 3.63) is 54.6 Å². The summed E-state index contributed by atoms with van der Waals surface area (Å²) in [6, 6.07) is 9.47. The Kier molecular flexibility index (Phi) is 4.72. The van der Waals surface area contributed by atoms with Crippen molar-refractivity contribution < 1.29 is 9.18 Å². The maximum Gasteiger partial charge on any atom is 0.241 e. The van der Waals surface area contributed by atoms with Crippen LogP contribution in [-0.2, 0) is 4.79 Å². The molecule has 3 aromatic rings. The molecule has 1 amide bonds. The zero-order chi connectivity index (χ0) is 18.8. The average Bonchev–Trinajstić information content (AvgIpc) is 3.17. The molecule has 1 fully saturated rings. The van der Waals surface area contributed by atoms with Gasteiger partial charge in [-0.05, 0) is 43.3 Å². The van der Waals surface area contributed by atoms with Gasteiger partial charge in [-0.3, -0.25) is 9.69 Å². The molecule has 8 heteroatoms. The summed E-state index contributed by atoms with van der Waals surface area (Å²) >= 11 is 0. The second kappa shape index (κ2) is 7.32. The van der Waals surface area contributed by atoms with Crippen molar-refractivity contribution in [2.75, 3.05) is 36.4 Å². The second-order valence-corrected chi connectivity index (χ2v) is 6.62. The minimum Gasteiger partial charge on any atom is -0.353 e. The number of nitrogens with zero attached hydrogens (tertiary/aromatic N) is 5. The Morgan fingerprint density at radius 3 is 2.59 bits per heavy atom. The number of hydrogen-bond donors (Lipinski definition) is 1. The van der Waals surface area contributed by atoms with Gasteiger partial charge in [0.15, 0.2) is 5.65 Å². The first kappa shape index (κ1) is 17.4. The van der Waals surface area contributed by atoms with E-state index >= 15 is 0 Å². The molecule has 0 spiro atoms. The van der Waals surface area contributed by atoms with E-state index in [-0.39, 0.29) is 17.8 Å². The van der Waals surface area contributed by atoms with Crippen LogP contribution in [0.15, 0.2) is 48.8 Å². The molecule has 0 aliphatic carbocycles. The van der Waals surface area contributed by atoms with Gasteiger partial charge in [-0.25, -0.2) is 13.9 Å². The number of benzene rings is 1. The molecular weight excluding hydrogens is 347 g/mol. The summed E-state index contributed by atoms with van der Waals surface area (Å²) in [5, 5.41) is 7.42. The number of piperazine rings is 1. The molecule has 1 aromatic carbocycles. The van der Waals surface area contributed by atoms with Crippen LogP contribution in [0.4, 0.5) is 15.9 Å². The zero-order valence-electron chi connectivity index (χ0n) is 15.0. The third kappa shape index (κ3) is 3.75. The average molecular weight is 368 g/mol. The number of halogens is 1. The van der Waals surface area contributed by atoms with E-state index in [4.69, 9.17) is 0 Å². The molecule has 4 rings (SSSR count). The number of anilines is 2. The molecule has 1 atom stereocenters. The SMILES string of the molecule is CC(C(=O)Nc1ccc(F)cc1)N1CCN(c2ccc3nccn3n2)CC1. The van der Waals surface area contributed by atoms with Crippen LogP contribution in [0.1, 0.15) is 6.92 Å². The Hall–Kier alpha value is -3.00. The second-order valence-electron chi connectivity index (χ2n) is 6.62. The van der Waals surface area contributed by atoms with Gasteiger partial charge in [0.25, 0.3) is 0 Å². The van der Waals surface area contributed by atoms with E-state index in [1.165, 1.54) is 12.1 Å². The van der Waals surface area contributed by atoms with E-state index in [9.17, 15) is 9.18 Å². The van der Waals surface area contributed by atoms with E-state index in [1.54, 1.807) is 22.8 Å². The highest BCUT2D eigenvalue weighted by Crippen LogP contribution is 2.16.